The summed E-state index contributed by atoms with van der Waals surface area (Å²) in [7, 11) is 0. The van der Waals surface area contributed by atoms with E-state index in [0.29, 0.717) is 30.4 Å². The zero-order valence-electron chi connectivity index (χ0n) is 21.7. The molecular weight excluding hydrogens is 480 g/mol. The Morgan fingerprint density at radius 1 is 0.947 bits per heavy atom. The van der Waals surface area contributed by atoms with E-state index in [0.717, 1.165) is 49.2 Å². The number of esters is 1. The molecular formula is C31H34N2O5. The van der Waals surface area contributed by atoms with Crippen LogP contribution in [-0.2, 0) is 16.1 Å². The second kappa shape index (κ2) is 12.1. The average molecular weight is 515 g/mol. The lowest BCUT2D eigenvalue weighted by Crippen LogP contribution is -2.52. The Hall–Kier alpha value is -3.84. The Morgan fingerprint density at radius 2 is 1.68 bits per heavy atom. The minimum Gasteiger partial charge on any atom is -0.489 e. The molecule has 3 aliphatic rings. The van der Waals surface area contributed by atoms with Crippen molar-refractivity contribution in [2.45, 2.75) is 38.5 Å². The van der Waals surface area contributed by atoms with Crippen molar-refractivity contribution in [1.29, 1.82) is 0 Å². The van der Waals surface area contributed by atoms with Gasteiger partial charge < -0.3 is 19.5 Å². The van der Waals surface area contributed by atoms with Crippen LogP contribution in [0.4, 0.5) is 4.79 Å². The lowest BCUT2D eigenvalue weighted by atomic mass is 9.86. The summed E-state index contributed by atoms with van der Waals surface area (Å²) in [6, 6.07) is 24.4. The molecule has 3 aromatic rings. The molecule has 7 heteroatoms. The number of hydrogen-bond acceptors (Lipinski definition) is 6. The van der Waals surface area contributed by atoms with Gasteiger partial charge in [0.05, 0.1) is 18.2 Å². The van der Waals surface area contributed by atoms with Crippen molar-refractivity contribution in [3.8, 4) is 5.75 Å². The van der Waals surface area contributed by atoms with E-state index < -0.39 is 6.09 Å². The van der Waals surface area contributed by atoms with Crippen LogP contribution in [0.3, 0.4) is 0 Å². The molecule has 38 heavy (non-hydrogen) atoms. The molecule has 3 heterocycles. The highest BCUT2D eigenvalue weighted by Gasteiger charge is 2.36. The van der Waals surface area contributed by atoms with E-state index in [-0.39, 0.29) is 18.1 Å². The number of nitrogens with one attached hydrogen (secondary N) is 1. The molecule has 0 aliphatic carbocycles. The molecule has 2 atom stereocenters. The molecule has 1 unspecified atom stereocenters. The van der Waals surface area contributed by atoms with Crippen molar-refractivity contribution >= 4 is 12.1 Å². The largest absolute Gasteiger partial charge is 0.489 e. The first kappa shape index (κ1) is 25.8. The third-order valence-electron chi connectivity index (χ3n) is 7.31. The number of alkyl carbamates (subject to hydrolysis) is 1. The maximum atomic E-state index is 13.0. The molecule has 0 aromatic heterocycles. The number of rotatable bonds is 9. The number of benzene rings is 3. The van der Waals surface area contributed by atoms with E-state index in [1.807, 2.05) is 66.7 Å². The average Bonchev–Trinajstić information content (AvgIpc) is 2.96. The first-order valence-corrected chi connectivity index (χ1v) is 13.3. The Balaban J connectivity index is 1.26. The highest BCUT2D eigenvalue weighted by atomic mass is 16.6. The summed E-state index contributed by atoms with van der Waals surface area (Å²) in [5.41, 5.74) is 3.31. The van der Waals surface area contributed by atoms with Crippen LogP contribution in [-0.4, -0.2) is 49.3 Å². The summed E-state index contributed by atoms with van der Waals surface area (Å²) in [4.78, 5) is 27.3. The zero-order chi connectivity index (χ0) is 26.3. The van der Waals surface area contributed by atoms with Gasteiger partial charge in [-0.05, 0) is 79.7 Å². The number of ether oxygens (including phenoxy) is 3. The lowest BCUT2D eigenvalue weighted by Gasteiger charge is -2.43. The van der Waals surface area contributed by atoms with Crippen LogP contribution in [0.5, 0.6) is 5.75 Å². The summed E-state index contributed by atoms with van der Waals surface area (Å²) in [5, 5.41) is 3.11. The molecule has 1 amide bonds. The van der Waals surface area contributed by atoms with Gasteiger partial charge in [0.25, 0.3) is 0 Å². The fraction of sp³-hybridized carbons (Fsp3) is 0.355. The van der Waals surface area contributed by atoms with Crippen molar-refractivity contribution in [1.82, 2.24) is 10.2 Å². The third kappa shape index (κ3) is 6.34. The highest BCUT2D eigenvalue weighted by molar-refractivity contribution is 5.89. The maximum Gasteiger partial charge on any atom is 0.408 e. The van der Waals surface area contributed by atoms with Crippen molar-refractivity contribution in [2.75, 3.05) is 26.2 Å². The van der Waals surface area contributed by atoms with Gasteiger partial charge in [0, 0.05) is 6.54 Å². The molecule has 0 saturated carbocycles. The van der Waals surface area contributed by atoms with E-state index in [9.17, 15) is 9.59 Å². The van der Waals surface area contributed by atoms with Crippen LogP contribution in [0.2, 0.25) is 0 Å². The molecule has 0 radical (unpaired) electrons. The zero-order valence-corrected chi connectivity index (χ0v) is 21.7. The van der Waals surface area contributed by atoms with Crippen LogP contribution >= 0.6 is 0 Å². The van der Waals surface area contributed by atoms with Crippen molar-refractivity contribution in [3.63, 3.8) is 0 Å². The smallest absolute Gasteiger partial charge is 0.408 e. The van der Waals surface area contributed by atoms with Gasteiger partial charge in [0.1, 0.15) is 18.5 Å². The summed E-state index contributed by atoms with van der Waals surface area (Å²) in [5.74, 6) is 0.800. The number of carbonyl (C=O) groups excluding carboxylic acids is 2. The fourth-order valence-corrected chi connectivity index (χ4v) is 5.24. The van der Waals surface area contributed by atoms with Crippen LogP contribution in [0.25, 0.3) is 0 Å². The van der Waals surface area contributed by atoms with Gasteiger partial charge in [0.2, 0.25) is 0 Å². The predicted octanol–water partition coefficient (Wildman–Crippen LogP) is 5.35. The number of nitrogens with zero attached hydrogens (tertiary/aromatic N) is 1. The molecule has 1 N–H and O–H groups in total. The van der Waals surface area contributed by atoms with E-state index in [4.69, 9.17) is 14.2 Å². The molecule has 2 bridgehead atoms. The Morgan fingerprint density at radius 3 is 2.37 bits per heavy atom. The highest BCUT2D eigenvalue weighted by Crippen LogP contribution is 2.30. The van der Waals surface area contributed by atoms with E-state index in [2.05, 4.69) is 10.2 Å². The Labute approximate surface area is 223 Å². The Bertz CT molecular complexity index is 1220. The Kier molecular flexibility index (Phi) is 8.24. The maximum absolute atomic E-state index is 13.0. The fourth-order valence-electron chi connectivity index (χ4n) is 5.24. The second-order valence-corrected chi connectivity index (χ2v) is 9.85. The molecule has 3 saturated heterocycles. The van der Waals surface area contributed by atoms with E-state index >= 15 is 0 Å². The van der Waals surface area contributed by atoms with Gasteiger partial charge >= 0.3 is 12.1 Å². The molecule has 3 aliphatic heterocycles. The summed E-state index contributed by atoms with van der Waals surface area (Å²) >= 11 is 0. The van der Waals surface area contributed by atoms with Crippen LogP contribution in [0.15, 0.2) is 78.9 Å². The van der Waals surface area contributed by atoms with Crippen LogP contribution in [0, 0.1) is 5.92 Å². The number of fused-ring (bicyclic) bond motifs is 3. The number of hydrogen-bond donors (Lipinski definition) is 1. The van der Waals surface area contributed by atoms with Gasteiger partial charge in [-0.1, -0.05) is 54.6 Å². The van der Waals surface area contributed by atoms with Gasteiger partial charge in [0.15, 0.2) is 0 Å². The van der Waals surface area contributed by atoms with Crippen LogP contribution < -0.4 is 10.1 Å². The molecule has 6 rings (SSSR count). The quantitative estimate of drug-likeness (QED) is 0.388. The van der Waals surface area contributed by atoms with E-state index in [1.54, 1.807) is 19.1 Å². The predicted molar refractivity (Wildman–Crippen MR) is 144 cm³/mol. The molecule has 0 spiro atoms. The van der Waals surface area contributed by atoms with Gasteiger partial charge in [-0.3, -0.25) is 4.90 Å². The molecule has 3 fully saturated rings. The summed E-state index contributed by atoms with van der Waals surface area (Å²) in [6.45, 7) is 5.49. The minimum absolute atomic E-state index is 0.0567. The summed E-state index contributed by atoms with van der Waals surface area (Å²) in [6.07, 6.45) is 1.72. The number of amides is 1. The molecule has 3 aromatic carbocycles. The van der Waals surface area contributed by atoms with Gasteiger partial charge in [-0.25, -0.2) is 9.59 Å². The second-order valence-electron chi connectivity index (χ2n) is 9.85. The summed E-state index contributed by atoms with van der Waals surface area (Å²) < 4.78 is 17.0. The lowest BCUT2D eigenvalue weighted by molar-refractivity contribution is -0.0336. The topological polar surface area (TPSA) is 77.1 Å². The number of carbonyl (C=O) groups is 2. The monoisotopic (exact) mass is 514 g/mol. The van der Waals surface area contributed by atoms with E-state index in [1.165, 1.54) is 0 Å². The molecule has 198 valence electrons. The standard InChI is InChI=1S/C31H34N2O5/c1-2-36-30(34)25-13-11-22(12-14-25)21-37-27-10-6-9-26(19-27)29(24-7-4-3-5-8-24)32-31(35)38-28-20-33-17-15-23(28)16-18-33/h3-14,19,23,28-29H,2,15-18,20-21H2,1H3,(H,32,35)/t28-,29?/m0/s1. The van der Waals surface area contributed by atoms with Gasteiger partial charge in [-0.15, -0.1) is 0 Å². The number of piperidine rings is 3. The normalized spacial score (nSPS) is 20.8. The van der Waals surface area contributed by atoms with Crippen molar-refractivity contribution in [2.24, 2.45) is 5.92 Å². The van der Waals surface area contributed by atoms with Crippen molar-refractivity contribution in [3.05, 3.63) is 101 Å². The first-order valence-electron chi connectivity index (χ1n) is 13.3. The van der Waals surface area contributed by atoms with Crippen LogP contribution in [0.1, 0.15) is 52.9 Å². The SMILES string of the molecule is CCOC(=O)c1ccc(COc2cccc(C(NC(=O)O[C@H]3CN4CCC3CC4)c3ccccc3)c2)cc1. The van der Waals surface area contributed by atoms with Crippen molar-refractivity contribution < 1.29 is 23.8 Å². The third-order valence-corrected chi connectivity index (χ3v) is 7.31. The first-order chi connectivity index (χ1) is 18.6. The minimum atomic E-state index is -0.398. The van der Waals surface area contributed by atoms with Gasteiger partial charge in [-0.2, -0.15) is 0 Å². The molecule has 7 nitrogen and oxygen atoms in total.